The third kappa shape index (κ3) is 9.37. The van der Waals surface area contributed by atoms with Crippen LogP contribution in [0.1, 0.15) is 62.5 Å². The van der Waals surface area contributed by atoms with Crippen LogP contribution >= 0.6 is 0 Å². The molecule has 0 spiro atoms. The van der Waals surface area contributed by atoms with Gasteiger partial charge in [0.05, 0.1) is 4.90 Å². The van der Waals surface area contributed by atoms with E-state index in [0.717, 1.165) is 36.0 Å². The first-order valence-electron chi connectivity index (χ1n) is 13.1. The number of carboxylic acid groups (broad SMARTS) is 1. The first-order valence-corrected chi connectivity index (χ1v) is 14.6. The molecule has 1 N–H and O–H groups in total. The molecule has 0 amide bonds. The molecule has 2 heterocycles. The Kier molecular flexibility index (Phi) is 10.4. The number of hydrogen-bond donors (Lipinski definition) is 1. The van der Waals surface area contributed by atoms with Gasteiger partial charge in [0, 0.05) is 23.7 Å². The Morgan fingerprint density at radius 1 is 1.14 bits per heavy atom. The molecular weight excluding hydrogens is 601 g/mol. The second kappa shape index (κ2) is 13.3. The van der Waals surface area contributed by atoms with Crippen molar-refractivity contribution in [1.29, 1.82) is 0 Å². The average Bonchev–Trinajstić information content (AvgIpc) is 3.39. The number of aromatic nitrogens is 2. The van der Waals surface area contributed by atoms with E-state index >= 15 is 0 Å². The molecule has 43 heavy (non-hydrogen) atoms. The van der Waals surface area contributed by atoms with Gasteiger partial charge in [-0.05, 0) is 59.9 Å². The molecular formula is C28H31F5N3O6S-. The molecule has 0 saturated carbocycles. The quantitative estimate of drug-likeness (QED) is 0.342. The minimum Gasteiger partial charge on any atom is -0.542 e. The van der Waals surface area contributed by atoms with Crippen LogP contribution in [0.2, 0.25) is 0 Å². The fourth-order valence-corrected chi connectivity index (χ4v) is 5.43. The Balaban J connectivity index is 0.000000646. The number of alkyl halides is 5. The van der Waals surface area contributed by atoms with Crippen LogP contribution in [0.25, 0.3) is 0 Å². The highest BCUT2D eigenvalue weighted by Gasteiger charge is 2.29. The zero-order valence-electron chi connectivity index (χ0n) is 23.7. The van der Waals surface area contributed by atoms with Gasteiger partial charge >= 0.3 is 6.18 Å². The molecule has 1 aliphatic rings. The average molecular weight is 633 g/mol. The number of aryl methyl sites for hydroxylation is 1. The molecule has 0 aliphatic heterocycles. The molecule has 0 saturated heterocycles. The van der Waals surface area contributed by atoms with Crippen LogP contribution < -0.4 is 14.6 Å². The summed E-state index contributed by atoms with van der Waals surface area (Å²) in [5.41, 5.74) is 2.84. The summed E-state index contributed by atoms with van der Waals surface area (Å²) >= 11 is 0. The van der Waals surface area contributed by atoms with E-state index in [4.69, 9.17) is 19.2 Å². The van der Waals surface area contributed by atoms with Crippen molar-refractivity contribution in [3.8, 4) is 5.88 Å². The number of hydrogen-bond acceptors (Lipinski definition) is 8. The predicted octanol–water partition coefficient (Wildman–Crippen LogP) is 5.02. The van der Waals surface area contributed by atoms with Crippen molar-refractivity contribution in [3.05, 3.63) is 65.0 Å². The van der Waals surface area contributed by atoms with Gasteiger partial charge in [0.15, 0.2) is 12.4 Å². The molecule has 15 heteroatoms. The van der Waals surface area contributed by atoms with E-state index < -0.39 is 35.2 Å². The second-order valence-corrected chi connectivity index (χ2v) is 12.8. The van der Waals surface area contributed by atoms with Gasteiger partial charge in [-0.25, -0.2) is 22.2 Å². The van der Waals surface area contributed by atoms with E-state index in [2.05, 4.69) is 21.8 Å². The number of sulfonamides is 1. The van der Waals surface area contributed by atoms with Crippen LogP contribution in [0, 0.1) is 5.92 Å². The van der Waals surface area contributed by atoms with Crippen molar-refractivity contribution < 1.29 is 49.5 Å². The van der Waals surface area contributed by atoms with Crippen LogP contribution in [0.5, 0.6) is 5.88 Å². The largest absolute Gasteiger partial charge is 0.542 e. The Hall–Kier alpha value is -3.75. The summed E-state index contributed by atoms with van der Waals surface area (Å²) in [5.74, 6) is -1.66. The lowest BCUT2D eigenvalue weighted by molar-refractivity contribution is -0.344. The lowest BCUT2D eigenvalue weighted by Gasteiger charge is -2.30. The van der Waals surface area contributed by atoms with Crippen LogP contribution in [-0.2, 0) is 33.1 Å². The SMILES string of the molecule is C[C@H](c1ccc(OCC(F)F)nc1)C1CCc2ccc(S(=O)(=O)Nc3cc(C(C)(C)C)on3)cc2C1.O=C([O-])C(F)(F)F. The summed E-state index contributed by atoms with van der Waals surface area (Å²) in [6.45, 7) is 7.29. The second-order valence-electron chi connectivity index (χ2n) is 11.1. The lowest BCUT2D eigenvalue weighted by Crippen LogP contribution is -2.37. The summed E-state index contributed by atoms with van der Waals surface area (Å²) in [4.78, 5) is 13.1. The molecule has 0 bridgehead atoms. The molecule has 2 atom stereocenters. The summed E-state index contributed by atoms with van der Waals surface area (Å²) in [7, 11) is -3.84. The normalized spacial score (nSPS) is 16.1. The van der Waals surface area contributed by atoms with Gasteiger partial charge in [-0.2, -0.15) is 13.2 Å². The number of carbonyl (C=O) groups is 1. The number of carbonyl (C=O) groups excluding carboxylic acids is 1. The number of ether oxygens (including phenoxy) is 1. The van der Waals surface area contributed by atoms with Gasteiger partial charge in [0.25, 0.3) is 16.4 Å². The first-order chi connectivity index (χ1) is 19.9. The zero-order valence-corrected chi connectivity index (χ0v) is 24.6. The minimum absolute atomic E-state index is 0.151. The van der Waals surface area contributed by atoms with Gasteiger partial charge in [-0.3, -0.25) is 4.72 Å². The number of nitrogens with zero attached hydrogens (tertiary/aromatic N) is 2. The van der Waals surface area contributed by atoms with E-state index in [0.29, 0.717) is 5.76 Å². The fraction of sp³-hybridized carbons (Fsp3) is 0.464. The number of benzene rings is 1. The number of carboxylic acids is 1. The molecule has 0 fully saturated rings. The van der Waals surface area contributed by atoms with Gasteiger partial charge in [0.1, 0.15) is 11.7 Å². The summed E-state index contributed by atoms with van der Waals surface area (Å²) in [6, 6.07) is 10.3. The number of rotatable bonds is 8. The molecule has 4 rings (SSSR count). The highest BCUT2D eigenvalue weighted by atomic mass is 32.2. The molecule has 3 aromatic rings. The van der Waals surface area contributed by atoms with Crippen LogP contribution in [0.3, 0.4) is 0 Å². The summed E-state index contributed by atoms with van der Waals surface area (Å²) in [5, 5.41) is 12.6. The third-order valence-electron chi connectivity index (χ3n) is 6.82. The number of pyridine rings is 1. The topological polar surface area (TPSA) is 134 Å². The minimum atomic E-state index is -5.19. The highest BCUT2D eigenvalue weighted by molar-refractivity contribution is 7.92. The highest BCUT2D eigenvalue weighted by Crippen LogP contribution is 2.36. The molecule has 2 aromatic heterocycles. The molecule has 0 radical (unpaired) electrons. The van der Waals surface area contributed by atoms with Crippen molar-refractivity contribution >= 4 is 21.8 Å². The van der Waals surface area contributed by atoms with Crippen LogP contribution in [0.4, 0.5) is 27.8 Å². The third-order valence-corrected chi connectivity index (χ3v) is 8.18. The molecule has 1 aromatic carbocycles. The number of fused-ring (bicyclic) bond motifs is 1. The van der Waals surface area contributed by atoms with E-state index in [-0.39, 0.29) is 33.8 Å². The monoisotopic (exact) mass is 632 g/mol. The standard InChI is InChI=1S/C26H31F2N3O4S.C2HF3O2/c1-16(19-8-10-25(29-14-19)34-15-23(27)28)18-6-5-17-7-9-21(12-20(17)11-18)36(32,33)31-24-13-22(35-30-24)26(2,3)4;3-2(4,5)1(6)7/h7-10,12-14,16,18,23H,5-6,11,15H2,1-4H3,(H,30,31);(H,6,7)/p-1/t16-,18?;/m0./s1. The Bertz CT molecular complexity index is 1500. The van der Waals surface area contributed by atoms with Crippen LogP contribution in [-0.4, -0.2) is 43.7 Å². The lowest BCUT2D eigenvalue weighted by atomic mass is 9.75. The maximum Gasteiger partial charge on any atom is 0.430 e. The Labute approximate surface area is 245 Å². The molecule has 9 nitrogen and oxygen atoms in total. The molecule has 236 valence electrons. The van der Waals surface area contributed by atoms with Crippen molar-refractivity contribution in [2.24, 2.45) is 5.92 Å². The van der Waals surface area contributed by atoms with E-state index in [1.807, 2.05) is 32.9 Å². The van der Waals surface area contributed by atoms with E-state index in [9.17, 15) is 30.4 Å². The smallest absolute Gasteiger partial charge is 0.430 e. The summed E-state index contributed by atoms with van der Waals surface area (Å²) in [6.07, 6.45) is -3.55. The Morgan fingerprint density at radius 3 is 2.35 bits per heavy atom. The van der Waals surface area contributed by atoms with Crippen molar-refractivity contribution in [3.63, 3.8) is 0 Å². The molecule has 1 unspecified atom stereocenters. The van der Waals surface area contributed by atoms with Gasteiger partial charge < -0.3 is 19.2 Å². The number of halogens is 5. The molecule has 1 aliphatic carbocycles. The van der Waals surface area contributed by atoms with Gasteiger partial charge in [-0.15, -0.1) is 0 Å². The van der Waals surface area contributed by atoms with Gasteiger partial charge in [-0.1, -0.05) is 45.0 Å². The van der Waals surface area contributed by atoms with Gasteiger partial charge in [0.2, 0.25) is 5.88 Å². The van der Waals surface area contributed by atoms with Crippen LogP contribution in [0.15, 0.2) is 52.0 Å². The van der Waals surface area contributed by atoms with E-state index in [1.165, 1.54) is 0 Å². The van der Waals surface area contributed by atoms with Crippen molar-refractivity contribution in [1.82, 2.24) is 10.1 Å². The number of aliphatic carboxylic acids is 1. The first kappa shape index (κ1) is 33.7. The maximum atomic E-state index is 13.1. The van der Waals surface area contributed by atoms with E-state index in [1.54, 1.807) is 30.5 Å². The Morgan fingerprint density at radius 2 is 1.81 bits per heavy atom. The maximum absolute atomic E-state index is 13.1. The zero-order chi connectivity index (χ0) is 32.2. The fourth-order valence-electron chi connectivity index (χ4n) is 4.40. The number of nitrogens with one attached hydrogen (secondary N) is 1. The van der Waals surface area contributed by atoms with Crippen molar-refractivity contribution in [2.45, 2.75) is 75.8 Å². The van der Waals surface area contributed by atoms with Crippen molar-refractivity contribution in [2.75, 3.05) is 11.3 Å². The summed E-state index contributed by atoms with van der Waals surface area (Å²) < 4.78 is 95.1. The number of anilines is 1. The predicted molar refractivity (Wildman–Crippen MR) is 143 cm³/mol.